The van der Waals surface area contributed by atoms with Crippen molar-refractivity contribution in [1.29, 1.82) is 0 Å². The smallest absolute Gasteiger partial charge is 0.433 e. The Morgan fingerprint density at radius 3 is 2.41 bits per heavy atom. The molecule has 0 unspecified atom stereocenters. The predicted molar refractivity (Wildman–Crippen MR) is 94.1 cm³/mol. The highest BCUT2D eigenvalue weighted by molar-refractivity contribution is 6.12. The van der Waals surface area contributed by atoms with E-state index >= 15 is 0 Å². The number of aromatic nitrogens is 3. The Hall–Kier alpha value is -3.31. The molecule has 0 aliphatic heterocycles. The van der Waals surface area contributed by atoms with E-state index in [0.29, 0.717) is 5.56 Å². The van der Waals surface area contributed by atoms with Crippen molar-refractivity contribution in [2.24, 2.45) is 5.73 Å². The number of halogens is 5. The number of rotatable bonds is 4. The van der Waals surface area contributed by atoms with E-state index in [-0.39, 0.29) is 21.7 Å². The van der Waals surface area contributed by atoms with Gasteiger partial charge in [0, 0.05) is 5.56 Å². The average molecular weight is 417 g/mol. The third-order valence-corrected chi connectivity index (χ3v) is 4.55. The number of phenols is 1. The predicted octanol–water partition coefficient (Wildman–Crippen LogP) is 3.11. The summed E-state index contributed by atoms with van der Waals surface area (Å²) in [5, 5.41) is 12.9. The van der Waals surface area contributed by atoms with Gasteiger partial charge in [-0.25, -0.2) is 8.78 Å². The zero-order chi connectivity index (χ0) is 21.8. The fourth-order valence-electron chi connectivity index (χ4n) is 3.39. The first-order chi connectivity index (χ1) is 13.4. The van der Waals surface area contributed by atoms with E-state index in [0.717, 1.165) is 4.57 Å². The number of nitrogen functional groups attached to an aromatic ring is 1. The lowest BCUT2D eigenvalue weighted by molar-refractivity contribution is -0.143. The monoisotopic (exact) mass is 417 g/mol. The van der Waals surface area contributed by atoms with Crippen LogP contribution in [0.25, 0.3) is 16.7 Å². The van der Waals surface area contributed by atoms with Gasteiger partial charge >= 0.3 is 6.18 Å². The maximum atomic E-state index is 13.7. The summed E-state index contributed by atoms with van der Waals surface area (Å²) in [4.78, 5) is 12.0. The van der Waals surface area contributed by atoms with E-state index in [1.54, 1.807) is 6.92 Å². The molecule has 12 heteroatoms. The van der Waals surface area contributed by atoms with Gasteiger partial charge < -0.3 is 16.6 Å². The average Bonchev–Trinajstić information content (AvgIpc) is 3.04. The molecule has 3 rings (SSSR count). The number of hydrogen-bond donors (Lipinski definition) is 3. The second-order valence-corrected chi connectivity index (χ2v) is 6.45. The zero-order valence-corrected chi connectivity index (χ0v) is 15.2. The van der Waals surface area contributed by atoms with Crippen molar-refractivity contribution in [3.8, 4) is 11.4 Å². The van der Waals surface area contributed by atoms with Gasteiger partial charge in [-0.15, -0.1) is 0 Å². The molecule has 0 saturated heterocycles. The second kappa shape index (κ2) is 6.64. The van der Waals surface area contributed by atoms with Gasteiger partial charge in [-0.2, -0.15) is 18.3 Å². The number of nitrogens with zero attached hydrogens (tertiary/aromatic N) is 3. The van der Waals surface area contributed by atoms with Gasteiger partial charge in [-0.3, -0.25) is 14.0 Å². The van der Waals surface area contributed by atoms with E-state index < -0.39 is 53.2 Å². The van der Waals surface area contributed by atoms with E-state index in [4.69, 9.17) is 11.5 Å². The zero-order valence-electron chi connectivity index (χ0n) is 15.2. The van der Waals surface area contributed by atoms with E-state index in [2.05, 4.69) is 5.10 Å². The minimum Gasteiger partial charge on any atom is -0.508 e. The highest BCUT2D eigenvalue weighted by Crippen LogP contribution is 2.42. The molecule has 0 fully saturated rings. The molecule has 0 saturated carbocycles. The summed E-state index contributed by atoms with van der Waals surface area (Å²) in [6, 6.07) is 2.85. The van der Waals surface area contributed by atoms with Gasteiger partial charge in [0.25, 0.3) is 12.3 Å². The Labute approximate surface area is 160 Å². The van der Waals surface area contributed by atoms with Gasteiger partial charge in [-0.1, -0.05) is 6.07 Å². The quantitative estimate of drug-likeness (QED) is 0.566. The van der Waals surface area contributed by atoms with Gasteiger partial charge in [0.15, 0.2) is 11.3 Å². The molecule has 3 aromatic rings. The lowest BCUT2D eigenvalue weighted by Crippen LogP contribution is -2.20. The summed E-state index contributed by atoms with van der Waals surface area (Å²) in [6.07, 6.45) is -8.25. The van der Waals surface area contributed by atoms with Crippen LogP contribution >= 0.6 is 0 Å². The number of benzene rings is 1. The van der Waals surface area contributed by atoms with Crippen LogP contribution in [-0.2, 0) is 12.7 Å². The molecule has 0 atom stereocenters. The van der Waals surface area contributed by atoms with Crippen molar-refractivity contribution in [3.05, 3.63) is 34.5 Å². The summed E-state index contributed by atoms with van der Waals surface area (Å²) in [7, 11) is 0. The number of hydrogen-bond acceptors (Lipinski definition) is 4. The minimum atomic E-state index is -5.12. The Balaban J connectivity index is 2.55. The molecule has 7 nitrogen and oxygen atoms in total. The number of aromatic hydroxyl groups is 1. The van der Waals surface area contributed by atoms with Crippen LogP contribution < -0.4 is 11.5 Å². The Kier molecular flexibility index (Phi) is 4.67. The molecule has 0 aliphatic rings. The van der Waals surface area contributed by atoms with Crippen LogP contribution in [0.1, 0.15) is 27.2 Å². The molecule has 156 valence electrons. The van der Waals surface area contributed by atoms with E-state index in [1.165, 1.54) is 19.1 Å². The van der Waals surface area contributed by atoms with Crippen molar-refractivity contribution < 1.29 is 31.9 Å². The topological polar surface area (TPSA) is 112 Å². The fourth-order valence-corrected chi connectivity index (χ4v) is 3.39. The number of anilines is 1. The lowest BCUT2D eigenvalue weighted by atomic mass is 10.1. The van der Waals surface area contributed by atoms with Crippen LogP contribution in [0.3, 0.4) is 0 Å². The molecule has 0 aliphatic carbocycles. The van der Waals surface area contributed by atoms with Gasteiger partial charge in [0.05, 0.1) is 16.6 Å². The van der Waals surface area contributed by atoms with E-state index in [9.17, 15) is 31.9 Å². The first-order valence-corrected chi connectivity index (χ1v) is 8.21. The largest absolute Gasteiger partial charge is 0.508 e. The van der Waals surface area contributed by atoms with Crippen molar-refractivity contribution in [3.63, 3.8) is 0 Å². The van der Waals surface area contributed by atoms with Gasteiger partial charge in [0.2, 0.25) is 0 Å². The number of primary amides is 1. The van der Waals surface area contributed by atoms with Crippen LogP contribution in [0.15, 0.2) is 12.1 Å². The molecule has 29 heavy (non-hydrogen) atoms. The number of phenolic OH excluding ortho intramolecular Hbond substituents is 1. The van der Waals surface area contributed by atoms with Crippen LogP contribution in [0.5, 0.6) is 5.75 Å². The Morgan fingerprint density at radius 2 is 1.90 bits per heavy atom. The standard InChI is InChI=1S/C17H16F5N5O2/c1-6-3-4-8(28)7(2)12(6)27-14(23)11(15(24)29)10-13(17(20,21)22)26(5-9(18)19)25-16(10)27/h3-4,9,28H,5,23H2,1-2H3,(H2,24,29). The van der Waals surface area contributed by atoms with Gasteiger partial charge in [-0.05, 0) is 25.5 Å². The van der Waals surface area contributed by atoms with Crippen molar-refractivity contribution in [2.75, 3.05) is 5.73 Å². The Morgan fingerprint density at radius 1 is 1.28 bits per heavy atom. The molecule has 0 bridgehead atoms. The van der Waals surface area contributed by atoms with E-state index in [1.807, 2.05) is 0 Å². The molecular weight excluding hydrogens is 401 g/mol. The molecule has 0 radical (unpaired) electrons. The first kappa shape index (κ1) is 20.4. The number of amides is 1. The highest BCUT2D eigenvalue weighted by atomic mass is 19.4. The Bertz CT molecular complexity index is 1130. The van der Waals surface area contributed by atoms with Crippen LogP contribution in [0.2, 0.25) is 0 Å². The number of fused-ring (bicyclic) bond motifs is 1. The minimum absolute atomic E-state index is 0.0885. The summed E-state index contributed by atoms with van der Waals surface area (Å²) in [5.74, 6) is -1.90. The second-order valence-electron chi connectivity index (χ2n) is 6.45. The summed E-state index contributed by atoms with van der Waals surface area (Å²) >= 11 is 0. The van der Waals surface area contributed by atoms with Crippen LogP contribution in [0, 0.1) is 13.8 Å². The molecule has 0 spiro atoms. The van der Waals surface area contributed by atoms with Gasteiger partial charge in [0.1, 0.15) is 18.1 Å². The molecular formula is C17H16F5N5O2. The summed E-state index contributed by atoms with van der Waals surface area (Å²) < 4.78 is 68.0. The number of nitrogens with two attached hydrogens (primary N) is 2. The lowest BCUT2D eigenvalue weighted by Gasteiger charge is -2.15. The van der Waals surface area contributed by atoms with Crippen LogP contribution in [-0.4, -0.2) is 31.8 Å². The summed E-state index contributed by atoms with van der Waals surface area (Å²) in [5.41, 5.74) is 9.40. The highest BCUT2D eigenvalue weighted by Gasteiger charge is 2.42. The normalized spacial score (nSPS) is 12.3. The number of carbonyl (C=O) groups is 1. The number of aryl methyl sites for hydroxylation is 1. The third-order valence-electron chi connectivity index (χ3n) is 4.55. The van der Waals surface area contributed by atoms with Crippen molar-refractivity contribution >= 4 is 22.8 Å². The molecule has 2 heterocycles. The SMILES string of the molecule is Cc1ccc(O)c(C)c1-n1c(N)c(C(N)=O)c2c(C(F)(F)F)n(CC(F)F)nc21. The first-order valence-electron chi connectivity index (χ1n) is 8.21. The number of carbonyl (C=O) groups excluding carboxylic acids is 1. The number of alkyl halides is 5. The fraction of sp³-hybridized carbons (Fsp3) is 0.294. The molecule has 1 aromatic carbocycles. The maximum Gasteiger partial charge on any atom is 0.433 e. The molecule has 5 N–H and O–H groups in total. The van der Waals surface area contributed by atoms with Crippen molar-refractivity contribution in [1.82, 2.24) is 14.3 Å². The summed E-state index contributed by atoms with van der Waals surface area (Å²) in [6.45, 7) is 1.73. The molecule has 1 amide bonds. The van der Waals surface area contributed by atoms with Crippen LogP contribution in [0.4, 0.5) is 27.8 Å². The third kappa shape index (κ3) is 3.13. The van der Waals surface area contributed by atoms with Crippen molar-refractivity contribution in [2.45, 2.75) is 33.0 Å². The molecule has 2 aromatic heterocycles. The maximum absolute atomic E-state index is 13.7.